The maximum atomic E-state index is 14.3. The highest BCUT2D eigenvalue weighted by Crippen LogP contribution is 2.40. The Morgan fingerprint density at radius 3 is 2.83 bits per heavy atom. The van der Waals surface area contributed by atoms with Gasteiger partial charge in [-0.05, 0) is 12.5 Å². The Bertz CT molecular complexity index is 925. The molecule has 0 aliphatic carbocycles. The Balaban J connectivity index is 2.27. The Morgan fingerprint density at radius 1 is 1.42 bits per heavy atom. The first-order valence-corrected chi connectivity index (χ1v) is 7.65. The summed E-state index contributed by atoms with van der Waals surface area (Å²) in [6, 6.07) is 9.66. The highest BCUT2D eigenvalue weighted by atomic mass is 19.1. The van der Waals surface area contributed by atoms with Gasteiger partial charge in [-0.25, -0.2) is 4.39 Å². The lowest BCUT2D eigenvalue weighted by atomic mass is 9.84. The maximum absolute atomic E-state index is 14.3. The normalized spacial score (nSPS) is 16.3. The molecule has 1 aromatic heterocycles. The summed E-state index contributed by atoms with van der Waals surface area (Å²) in [5, 5.41) is 9.44. The average molecular weight is 325 g/mol. The number of fused-ring (bicyclic) bond motifs is 1. The van der Waals surface area contributed by atoms with Gasteiger partial charge in [-0.3, -0.25) is 4.79 Å². The molecule has 0 spiro atoms. The minimum Gasteiger partial charge on any atom is -0.440 e. The van der Waals surface area contributed by atoms with E-state index in [2.05, 4.69) is 4.98 Å². The minimum atomic E-state index is -0.889. The Labute approximate surface area is 138 Å². The van der Waals surface area contributed by atoms with Crippen LogP contribution in [-0.2, 0) is 6.42 Å². The number of halogens is 1. The van der Waals surface area contributed by atoms with Crippen LogP contribution in [0.3, 0.4) is 0 Å². The van der Waals surface area contributed by atoms with E-state index in [1.54, 1.807) is 24.3 Å². The predicted molar refractivity (Wildman–Crippen MR) is 86.8 cm³/mol. The lowest BCUT2D eigenvalue weighted by Crippen LogP contribution is -2.28. The average Bonchev–Trinajstić information content (AvgIpc) is 2.54. The molecule has 2 heterocycles. The van der Waals surface area contributed by atoms with Crippen molar-refractivity contribution in [3.05, 3.63) is 74.8 Å². The van der Waals surface area contributed by atoms with E-state index >= 15 is 0 Å². The van der Waals surface area contributed by atoms with Crippen LogP contribution in [0.5, 0.6) is 5.75 Å². The first-order valence-electron chi connectivity index (χ1n) is 7.65. The number of allylic oxidation sites excluding steroid dienone is 1. The largest absolute Gasteiger partial charge is 0.440 e. The molecule has 0 saturated carbocycles. The number of benzene rings is 1. The van der Waals surface area contributed by atoms with Gasteiger partial charge in [0.25, 0.3) is 5.56 Å². The fraction of sp³-hybridized carbons (Fsp3) is 0.222. The zero-order chi connectivity index (χ0) is 17.3. The number of hydrogen-bond acceptors (Lipinski definition) is 4. The molecule has 6 heteroatoms. The molecule has 1 aliphatic rings. The van der Waals surface area contributed by atoms with Gasteiger partial charge in [0.1, 0.15) is 23.2 Å². The van der Waals surface area contributed by atoms with E-state index in [-0.39, 0.29) is 28.3 Å². The highest BCUT2D eigenvalue weighted by Gasteiger charge is 2.34. The molecule has 1 unspecified atom stereocenters. The SMILES string of the molecule is CCCc1cc2c(c(=O)[nH]1)C(c1ccccc1F)C(C#N)=C(N)O2. The molecule has 0 radical (unpaired) electrons. The van der Waals surface area contributed by atoms with Crippen LogP contribution in [0, 0.1) is 17.1 Å². The molecule has 1 atom stereocenters. The molecule has 2 aromatic rings. The molecule has 0 saturated heterocycles. The fourth-order valence-corrected chi connectivity index (χ4v) is 2.96. The van der Waals surface area contributed by atoms with E-state index in [9.17, 15) is 14.4 Å². The van der Waals surface area contributed by atoms with Gasteiger partial charge in [0.2, 0.25) is 5.88 Å². The lowest BCUT2D eigenvalue weighted by molar-refractivity contribution is 0.389. The van der Waals surface area contributed by atoms with Crippen LogP contribution < -0.4 is 16.0 Å². The van der Waals surface area contributed by atoms with E-state index < -0.39 is 17.3 Å². The van der Waals surface area contributed by atoms with Crippen molar-refractivity contribution in [3.63, 3.8) is 0 Å². The lowest BCUT2D eigenvalue weighted by Gasteiger charge is -2.26. The number of aromatic nitrogens is 1. The van der Waals surface area contributed by atoms with Crippen LogP contribution in [0.2, 0.25) is 0 Å². The molecule has 24 heavy (non-hydrogen) atoms. The third kappa shape index (κ3) is 2.54. The van der Waals surface area contributed by atoms with Crippen molar-refractivity contribution >= 4 is 0 Å². The van der Waals surface area contributed by atoms with Gasteiger partial charge < -0.3 is 15.5 Å². The van der Waals surface area contributed by atoms with E-state index in [1.165, 1.54) is 6.07 Å². The monoisotopic (exact) mass is 325 g/mol. The number of nitrogens with two attached hydrogens (primary N) is 1. The van der Waals surface area contributed by atoms with Gasteiger partial charge in [-0.15, -0.1) is 0 Å². The summed E-state index contributed by atoms with van der Waals surface area (Å²) in [6.07, 6.45) is 1.52. The van der Waals surface area contributed by atoms with E-state index in [4.69, 9.17) is 10.5 Å². The topological polar surface area (TPSA) is 91.9 Å². The zero-order valence-corrected chi connectivity index (χ0v) is 13.1. The molecular formula is C18H16FN3O2. The second-order valence-corrected chi connectivity index (χ2v) is 5.60. The predicted octanol–water partition coefficient (Wildman–Crippen LogP) is 2.68. The van der Waals surface area contributed by atoms with Crippen molar-refractivity contribution < 1.29 is 9.13 Å². The van der Waals surface area contributed by atoms with E-state index in [0.29, 0.717) is 12.1 Å². The Hall–Kier alpha value is -3.07. The number of pyridine rings is 1. The summed E-state index contributed by atoms with van der Waals surface area (Å²) in [6.45, 7) is 1.99. The van der Waals surface area contributed by atoms with Gasteiger partial charge in [-0.2, -0.15) is 5.26 Å². The van der Waals surface area contributed by atoms with Crippen LogP contribution in [0.25, 0.3) is 0 Å². The summed E-state index contributed by atoms with van der Waals surface area (Å²) in [7, 11) is 0. The summed E-state index contributed by atoms with van der Waals surface area (Å²) < 4.78 is 19.8. The minimum absolute atomic E-state index is 0.0290. The third-order valence-electron chi connectivity index (χ3n) is 4.01. The molecule has 5 nitrogen and oxygen atoms in total. The Morgan fingerprint density at radius 2 is 2.17 bits per heavy atom. The van der Waals surface area contributed by atoms with Gasteiger partial charge in [0, 0.05) is 17.3 Å². The molecule has 0 amide bonds. The molecule has 3 rings (SSSR count). The van der Waals surface area contributed by atoms with Crippen molar-refractivity contribution in [2.45, 2.75) is 25.7 Å². The van der Waals surface area contributed by atoms with Crippen molar-refractivity contribution in [2.24, 2.45) is 5.73 Å². The van der Waals surface area contributed by atoms with Crippen molar-refractivity contribution in [1.29, 1.82) is 5.26 Å². The van der Waals surface area contributed by atoms with E-state index in [0.717, 1.165) is 6.42 Å². The molecule has 1 aromatic carbocycles. The summed E-state index contributed by atoms with van der Waals surface area (Å²) in [4.78, 5) is 15.4. The maximum Gasteiger partial charge on any atom is 0.256 e. The molecule has 0 fully saturated rings. The highest BCUT2D eigenvalue weighted by molar-refractivity contribution is 5.55. The van der Waals surface area contributed by atoms with E-state index in [1.807, 2.05) is 13.0 Å². The van der Waals surface area contributed by atoms with Gasteiger partial charge in [-0.1, -0.05) is 31.5 Å². The van der Waals surface area contributed by atoms with Crippen LogP contribution in [0.15, 0.2) is 46.6 Å². The Kier molecular flexibility index (Phi) is 4.09. The van der Waals surface area contributed by atoms with Crippen LogP contribution >= 0.6 is 0 Å². The molecule has 1 aliphatic heterocycles. The first-order chi connectivity index (χ1) is 11.6. The fourth-order valence-electron chi connectivity index (χ4n) is 2.96. The standard InChI is InChI=1S/C18H16FN3O2/c1-2-5-10-8-14-16(18(23)22-10)15(12(9-20)17(21)24-14)11-6-3-4-7-13(11)19/h3-4,6-8,15H,2,5,21H2,1H3,(H,22,23). The third-order valence-corrected chi connectivity index (χ3v) is 4.01. The van der Waals surface area contributed by atoms with Crippen molar-refractivity contribution in [2.75, 3.05) is 0 Å². The number of hydrogen-bond donors (Lipinski definition) is 2. The smallest absolute Gasteiger partial charge is 0.256 e. The van der Waals surface area contributed by atoms with Crippen molar-refractivity contribution in [3.8, 4) is 11.8 Å². The van der Waals surface area contributed by atoms with Gasteiger partial charge in [0.15, 0.2) is 0 Å². The number of H-pyrrole nitrogens is 1. The second-order valence-electron chi connectivity index (χ2n) is 5.60. The number of ether oxygens (including phenoxy) is 1. The second kappa shape index (κ2) is 6.20. The number of rotatable bonds is 3. The number of nitriles is 1. The quantitative estimate of drug-likeness (QED) is 0.907. The summed E-state index contributed by atoms with van der Waals surface area (Å²) in [5.41, 5.74) is 6.61. The summed E-state index contributed by atoms with van der Waals surface area (Å²) >= 11 is 0. The van der Waals surface area contributed by atoms with Crippen molar-refractivity contribution in [1.82, 2.24) is 4.98 Å². The van der Waals surface area contributed by atoms with Crippen LogP contribution in [0.1, 0.15) is 36.1 Å². The summed E-state index contributed by atoms with van der Waals surface area (Å²) in [5.74, 6) is -1.23. The molecule has 122 valence electrons. The molecule has 0 bridgehead atoms. The first kappa shape index (κ1) is 15.8. The van der Waals surface area contributed by atoms with Gasteiger partial charge in [0.05, 0.1) is 11.5 Å². The van der Waals surface area contributed by atoms with Crippen LogP contribution in [0.4, 0.5) is 4.39 Å². The zero-order valence-electron chi connectivity index (χ0n) is 13.1. The molecule has 3 N–H and O–H groups in total. The number of nitrogens with one attached hydrogen (secondary N) is 1. The van der Waals surface area contributed by atoms with Crippen LogP contribution in [-0.4, -0.2) is 4.98 Å². The van der Waals surface area contributed by atoms with Gasteiger partial charge >= 0.3 is 0 Å². The number of nitrogens with zero attached hydrogens (tertiary/aromatic N) is 1. The molecular weight excluding hydrogens is 309 g/mol. The number of aromatic amines is 1. The number of aryl methyl sites for hydroxylation is 1.